The summed E-state index contributed by atoms with van der Waals surface area (Å²) in [6.45, 7) is 2.08. The topological polar surface area (TPSA) is 78.5 Å². The summed E-state index contributed by atoms with van der Waals surface area (Å²) in [5.74, 6) is 0.637. The molecule has 2 aromatic heterocycles. The number of aliphatic hydroxyl groups excluding tert-OH is 1. The average molecular weight is 414 g/mol. The van der Waals surface area contributed by atoms with E-state index in [2.05, 4.69) is 9.88 Å². The van der Waals surface area contributed by atoms with Crippen LogP contribution in [-0.2, 0) is 24.1 Å². The van der Waals surface area contributed by atoms with Crippen molar-refractivity contribution in [2.75, 3.05) is 26.8 Å². The fourth-order valence-corrected chi connectivity index (χ4v) is 5.26. The van der Waals surface area contributed by atoms with Crippen LogP contribution in [0.3, 0.4) is 0 Å². The SMILES string of the molecule is COCCN(Cc1nc2sc3c(c2c(=O)[nH]1)CCCC3)CC(O)c1ccccc1. The second-order valence-electron chi connectivity index (χ2n) is 7.56. The fraction of sp³-hybridized carbons (Fsp3) is 0.455. The van der Waals surface area contributed by atoms with Gasteiger partial charge in [-0.2, -0.15) is 0 Å². The van der Waals surface area contributed by atoms with Gasteiger partial charge in [0.25, 0.3) is 5.56 Å². The van der Waals surface area contributed by atoms with Crippen molar-refractivity contribution in [2.24, 2.45) is 0 Å². The van der Waals surface area contributed by atoms with Crippen LogP contribution >= 0.6 is 11.3 Å². The number of hydrogen-bond donors (Lipinski definition) is 2. The van der Waals surface area contributed by atoms with Gasteiger partial charge in [-0.3, -0.25) is 9.69 Å². The van der Waals surface area contributed by atoms with Gasteiger partial charge < -0.3 is 14.8 Å². The Kier molecular flexibility index (Phi) is 6.40. The molecule has 2 N–H and O–H groups in total. The van der Waals surface area contributed by atoms with Crippen molar-refractivity contribution in [3.63, 3.8) is 0 Å². The number of fused-ring (bicyclic) bond motifs is 3. The number of hydrogen-bond acceptors (Lipinski definition) is 6. The Morgan fingerprint density at radius 3 is 2.86 bits per heavy atom. The standard InChI is InChI=1S/C22H27N3O3S/c1-28-12-11-25(13-17(26)15-7-3-2-4-8-15)14-19-23-21(27)20-16-9-5-6-10-18(16)29-22(20)24-19/h2-4,7-8,17,26H,5-6,9-14H2,1H3,(H,23,24,27). The molecule has 2 heterocycles. The number of ether oxygens (including phenoxy) is 1. The highest BCUT2D eigenvalue weighted by atomic mass is 32.1. The predicted molar refractivity (Wildman–Crippen MR) is 115 cm³/mol. The first-order valence-electron chi connectivity index (χ1n) is 10.1. The zero-order valence-electron chi connectivity index (χ0n) is 16.7. The molecule has 1 aromatic carbocycles. The van der Waals surface area contributed by atoms with Crippen LogP contribution in [0.15, 0.2) is 35.1 Å². The van der Waals surface area contributed by atoms with Crippen molar-refractivity contribution in [3.8, 4) is 0 Å². The van der Waals surface area contributed by atoms with E-state index in [0.717, 1.165) is 35.0 Å². The third kappa shape index (κ3) is 4.59. The second-order valence-corrected chi connectivity index (χ2v) is 8.64. The molecule has 29 heavy (non-hydrogen) atoms. The van der Waals surface area contributed by atoms with E-state index in [4.69, 9.17) is 9.72 Å². The highest BCUT2D eigenvalue weighted by Gasteiger charge is 2.21. The van der Waals surface area contributed by atoms with Gasteiger partial charge in [0.1, 0.15) is 10.7 Å². The lowest BCUT2D eigenvalue weighted by atomic mass is 9.97. The van der Waals surface area contributed by atoms with E-state index in [1.54, 1.807) is 18.4 Å². The van der Waals surface area contributed by atoms with Gasteiger partial charge in [0.05, 0.1) is 24.6 Å². The number of methoxy groups -OCH3 is 1. The molecule has 154 valence electrons. The smallest absolute Gasteiger partial charge is 0.259 e. The molecular weight excluding hydrogens is 386 g/mol. The number of rotatable bonds is 8. The molecule has 0 radical (unpaired) electrons. The number of aromatic amines is 1. The maximum atomic E-state index is 12.8. The number of aromatic nitrogens is 2. The lowest BCUT2D eigenvalue weighted by molar-refractivity contribution is 0.0835. The van der Waals surface area contributed by atoms with E-state index in [-0.39, 0.29) is 5.56 Å². The molecule has 3 aromatic rings. The van der Waals surface area contributed by atoms with Crippen LogP contribution in [0, 0.1) is 0 Å². The van der Waals surface area contributed by atoms with Gasteiger partial charge in [0, 0.05) is 25.1 Å². The minimum Gasteiger partial charge on any atom is -0.387 e. The summed E-state index contributed by atoms with van der Waals surface area (Å²) in [7, 11) is 1.66. The molecule has 1 atom stereocenters. The van der Waals surface area contributed by atoms with Crippen LogP contribution in [0.2, 0.25) is 0 Å². The normalized spacial score (nSPS) is 15.0. The molecule has 0 amide bonds. The van der Waals surface area contributed by atoms with Gasteiger partial charge in [-0.15, -0.1) is 11.3 Å². The van der Waals surface area contributed by atoms with Crippen LogP contribution in [0.4, 0.5) is 0 Å². The van der Waals surface area contributed by atoms with Crippen molar-refractivity contribution < 1.29 is 9.84 Å². The molecule has 1 unspecified atom stereocenters. The number of aryl methyl sites for hydroxylation is 2. The van der Waals surface area contributed by atoms with Gasteiger partial charge >= 0.3 is 0 Å². The Hall–Kier alpha value is -2.06. The third-order valence-corrected chi connectivity index (χ3v) is 6.66. The van der Waals surface area contributed by atoms with Gasteiger partial charge in [-0.05, 0) is 36.8 Å². The summed E-state index contributed by atoms with van der Waals surface area (Å²) in [5.41, 5.74) is 2.03. The predicted octanol–water partition coefficient (Wildman–Crippen LogP) is 3.05. The van der Waals surface area contributed by atoms with E-state index in [0.29, 0.717) is 32.1 Å². The van der Waals surface area contributed by atoms with Gasteiger partial charge in [-0.1, -0.05) is 30.3 Å². The Morgan fingerprint density at radius 2 is 2.07 bits per heavy atom. The summed E-state index contributed by atoms with van der Waals surface area (Å²) in [5, 5.41) is 11.4. The van der Waals surface area contributed by atoms with E-state index >= 15 is 0 Å². The summed E-state index contributed by atoms with van der Waals surface area (Å²) < 4.78 is 5.23. The van der Waals surface area contributed by atoms with Crippen molar-refractivity contribution in [1.82, 2.24) is 14.9 Å². The van der Waals surface area contributed by atoms with Crippen molar-refractivity contribution >= 4 is 21.6 Å². The number of thiophene rings is 1. The van der Waals surface area contributed by atoms with E-state index in [1.165, 1.54) is 16.9 Å². The molecule has 1 aliphatic rings. The lowest BCUT2D eigenvalue weighted by Crippen LogP contribution is -2.32. The zero-order valence-corrected chi connectivity index (χ0v) is 17.5. The van der Waals surface area contributed by atoms with Gasteiger partial charge in [-0.25, -0.2) is 4.98 Å². The summed E-state index contributed by atoms with van der Waals surface area (Å²) in [4.78, 5) is 24.8. The van der Waals surface area contributed by atoms with Gasteiger partial charge in [0.15, 0.2) is 0 Å². The lowest BCUT2D eigenvalue weighted by Gasteiger charge is -2.24. The first-order chi connectivity index (χ1) is 14.2. The molecule has 0 fully saturated rings. The molecule has 7 heteroatoms. The molecule has 0 bridgehead atoms. The summed E-state index contributed by atoms with van der Waals surface area (Å²) >= 11 is 1.66. The molecular formula is C22H27N3O3S. The first-order valence-corrected chi connectivity index (χ1v) is 10.9. The highest BCUT2D eigenvalue weighted by Crippen LogP contribution is 2.33. The Bertz CT molecular complexity index is 1020. The molecule has 0 aliphatic heterocycles. The number of nitrogens with zero attached hydrogens (tertiary/aromatic N) is 2. The first kappa shape index (κ1) is 20.2. The van der Waals surface area contributed by atoms with Crippen LogP contribution in [0.5, 0.6) is 0 Å². The molecule has 0 spiro atoms. The molecule has 1 aliphatic carbocycles. The molecule has 4 rings (SSSR count). The van der Waals surface area contributed by atoms with Crippen LogP contribution in [-0.4, -0.2) is 46.8 Å². The van der Waals surface area contributed by atoms with Gasteiger partial charge in [0.2, 0.25) is 0 Å². The van der Waals surface area contributed by atoms with Crippen LogP contribution in [0.1, 0.15) is 40.8 Å². The van der Waals surface area contributed by atoms with Crippen LogP contribution in [0.25, 0.3) is 10.2 Å². The minimum absolute atomic E-state index is 0.0419. The molecule has 0 saturated carbocycles. The Morgan fingerprint density at radius 1 is 1.28 bits per heavy atom. The summed E-state index contributed by atoms with van der Waals surface area (Å²) in [6, 6.07) is 9.61. The van der Waals surface area contributed by atoms with E-state index in [1.807, 2.05) is 30.3 Å². The number of H-pyrrole nitrogens is 1. The third-order valence-electron chi connectivity index (χ3n) is 5.47. The number of nitrogens with one attached hydrogen (secondary N) is 1. The minimum atomic E-state index is -0.613. The zero-order chi connectivity index (χ0) is 20.2. The van der Waals surface area contributed by atoms with E-state index < -0.39 is 6.10 Å². The summed E-state index contributed by atoms with van der Waals surface area (Å²) in [6.07, 6.45) is 3.74. The fourth-order valence-electron chi connectivity index (χ4n) is 3.98. The monoisotopic (exact) mass is 413 g/mol. The average Bonchev–Trinajstić information content (AvgIpc) is 3.11. The molecule has 6 nitrogen and oxygen atoms in total. The quantitative estimate of drug-likeness (QED) is 0.593. The van der Waals surface area contributed by atoms with Crippen LogP contribution < -0.4 is 5.56 Å². The van der Waals surface area contributed by atoms with E-state index in [9.17, 15) is 9.90 Å². The van der Waals surface area contributed by atoms with Crippen molar-refractivity contribution in [3.05, 3.63) is 62.5 Å². The second kappa shape index (κ2) is 9.17. The number of benzene rings is 1. The Balaban J connectivity index is 1.56. The Labute approximate surface area is 174 Å². The number of aliphatic hydroxyl groups is 1. The van der Waals surface area contributed by atoms with Crippen molar-refractivity contribution in [2.45, 2.75) is 38.3 Å². The highest BCUT2D eigenvalue weighted by molar-refractivity contribution is 7.18. The largest absolute Gasteiger partial charge is 0.387 e. The molecule has 0 saturated heterocycles. The van der Waals surface area contributed by atoms with Crippen molar-refractivity contribution in [1.29, 1.82) is 0 Å². The maximum absolute atomic E-state index is 12.8. The maximum Gasteiger partial charge on any atom is 0.259 e.